The van der Waals surface area contributed by atoms with Crippen LogP contribution in [0.4, 0.5) is 0 Å². The van der Waals surface area contributed by atoms with Crippen molar-refractivity contribution < 1.29 is 19.1 Å². The molecule has 1 amide bonds. The number of thiophene rings is 1. The molecule has 142 valence electrons. The summed E-state index contributed by atoms with van der Waals surface area (Å²) >= 11 is 7.26. The number of nitrogens with one attached hydrogen (secondary N) is 1. The molecule has 7 heteroatoms. The summed E-state index contributed by atoms with van der Waals surface area (Å²) in [4.78, 5) is 13.4. The van der Waals surface area contributed by atoms with Gasteiger partial charge in [0.2, 0.25) is 0 Å². The van der Waals surface area contributed by atoms with E-state index in [-0.39, 0.29) is 12.5 Å². The van der Waals surface area contributed by atoms with Crippen LogP contribution >= 0.6 is 22.9 Å². The van der Waals surface area contributed by atoms with Crippen LogP contribution in [0.3, 0.4) is 0 Å². The number of hydrogen-bond acceptors (Lipinski definition) is 5. The van der Waals surface area contributed by atoms with Crippen molar-refractivity contribution >= 4 is 28.8 Å². The van der Waals surface area contributed by atoms with Crippen molar-refractivity contribution in [3.63, 3.8) is 0 Å². The number of ether oxygens (including phenoxy) is 1. The SMILES string of the molecule is CC(C)(Oc1ccc(Cl)cc1)C(=O)NCC(O)(c1ccco1)c1cccs1. The molecule has 2 heterocycles. The van der Waals surface area contributed by atoms with E-state index < -0.39 is 11.2 Å². The predicted octanol–water partition coefficient (Wildman–Crippen LogP) is 4.20. The zero-order valence-electron chi connectivity index (χ0n) is 14.9. The van der Waals surface area contributed by atoms with E-state index in [1.807, 2.05) is 11.4 Å². The highest BCUT2D eigenvalue weighted by Crippen LogP contribution is 2.33. The maximum Gasteiger partial charge on any atom is 0.263 e. The topological polar surface area (TPSA) is 71.7 Å². The molecule has 0 spiro atoms. The van der Waals surface area contributed by atoms with Gasteiger partial charge in [0.25, 0.3) is 5.91 Å². The standard InChI is InChI=1S/C20H20ClNO4S/c1-19(2,26-15-9-7-14(21)8-10-15)18(23)22-13-20(24,16-5-3-11-25-16)17-6-4-12-27-17/h3-12,24H,13H2,1-2H3,(H,22,23). The molecule has 2 N–H and O–H groups in total. The van der Waals surface area contributed by atoms with Gasteiger partial charge in [0, 0.05) is 9.90 Å². The first kappa shape index (κ1) is 19.5. The fraction of sp³-hybridized carbons (Fsp3) is 0.250. The van der Waals surface area contributed by atoms with Gasteiger partial charge >= 0.3 is 0 Å². The normalized spacial score (nSPS) is 13.8. The Balaban J connectivity index is 1.73. The van der Waals surface area contributed by atoms with Crippen molar-refractivity contribution in [1.82, 2.24) is 5.32 Å². The van der Waals surface area contributed by atoms with E-state index in [2.05, 4.69) is 5.32 Å². The molecule has 0 radical (unpaired) electrons. The summed E-state index contributed by atoms with van der Waals surface area (Å²) in [5, 5.41) is 16.4. The smallest absolute Gasteiger partial charge is 0.263 e. The molecule has 0 bridgehead atoms. The summed E-state index contributed by atoms with van der Waals surface area (Å²) in [5.74, 6) is 0.528. The van der Waals surface area contributed by atoms with Crippen molar-refractivity contribution in [3.8, 4) is 5.75 Å². The molecule has 0 aliphatic rings. The first-order valence-electron chi connectivity index (χ1n) is 8.34. The van der Waals surface area contributed by atoms with E-state index in [9.17, 15) is 9.90 Å². The zero-order valence-corrected chi connectivity index (χ0v) is 16.5. The molecule has 1 atom stereocenters. The van der Waals surface area contributed by atoms with Gasteiger partial charge in [-0.15, -0.1) is 11.3 Å². The Morgan fingerprint density at radius 1 is 1.22 bits per heavy atom. The van der Waals surface area contributed by atoms with Crippen LogP contribution in [-0.4, -0.2) is 23.2 Å². The molecule has 0 saturated carbocycles. The average Bonchev–Trinajstić information content (AvgIpc) is 3.35. The Morgan fingerprint density at radius 3 is 2.56 bits per heavy atom. The number of hydrogen-bond donors (Lipinski definition) is 2. The monoisotopic (exact) mass is 405 g/mol. The second-order valence-corrected chi connectivity index (χ2v) is 7.95. The van der Waals surface area contributed by atoms with Crippen molar-refractivity contribution in [2.45, 2.75) is 25.0 Å². The molecule has 3 aromatic rings. The minimum atomic E-state index is -1.45. The summed E-state index contributed by atoms with van der Waals surface area (Å²) in [6.45, 7) is 3.27. The van der Waals surface area contributed by atoms with Crippen molar-refractivity contribution in [2.24, 2.45) is 0 Å². The number of benzene rings is 1. The van der Waals surface area contributed by atoms with Crippen LogP contribution in [0.2, 0.25) is 5.02 Å². The molecular formula is C20H20ClNO4S. The van der Waals surface area contributed by atoms with E-state index in [0.717, 1.165) is 0 Å². The van der Waals surface area contributed by atoms with Crippen LogP contribution in [0.5, 0.6) is 5.75 Å². The third-order valence-corrected chi connectivity index (χ3v) is 5.37. The summed E-state index contributed by atoms with van der Waals surface area (Å²) in [7, 11) is 0. The summed E-state index contributed by atoms with van der Waals surface area (Å²) < 4.78 is 11.2. The van der Waals surface area contributed by atoms with Gasteiger partial charge < -0.3 is 19.6 Å². The lowest BCUT2D eigenvalue weighted by atomic mass is 9.98. The Bertz CT molecular complexity index is 839. The molecule has 0 fully saturated rings. The van der Waals surface area contributed by atoms with Crippen LogP contribution in [0, 0.1) is 0 Å². The second-order valence-electron chi connectivity index (χ2n) is 6.56. The van der Waals surface area contributed by atoms with Crippen molar-refractivity contribution in [2.75, 3.05) is 6.54 Å². The average molecular weight is 406 g/mol. The second kappa shape index (κ2) is 7.76. The lowest BCUT2D eigenvalue weighted by Crippen LogP contribution is -2.50. The Kier molecular flexibility index (Phi) is 5.60. The zero-order chi connectivity index (χ0) is 19.5. The number of amides is 1. The van der Waals surface area contributed by atoms with Crippen molar-refractivity contribution in [3.05, 3.63) is 75.8 Å². The number of rotatable bonds is 7. The highest BCUT2D eigenvalue weighted by Gasteiger charge is 2.38. The van der Waals surface area contributed by atoms with E-state index in [4.69, 9.17) is 20.8 Å². The van der Waals surface area contributed by atoms with E-state index >= 15 is 0 Å². The number of carbonyl (C=O) groups is 1. The van der Waals surface area contributed by atoms with Gasteiger partial charge in [0.1, 0.15) is 11.5 Å². The fourth-order valence-electron chi connectivity index (χ4n) is 2.59. The highest BCUT2D eigenvalue weighted by atomic mass is 35.5. The van der Waals surface area contributed by atoms with Gasteiger partial charge in [-0.05, 0) is 61.7 Å². The van der Waals surface area contributed by atoms with Crippen LogP contribution < -0.4 is 10.1 Å². The number of aliphatic hydroxyl groups is 1. The minimum Gasteiger partial charge on any atom is -0.478 e. The fourth-order valence-corrected chi connectivity index (χ4v) is 3.54. The third-order valence-electron chi connectivity index (χ3n) is 4.10. The van der Waals surface area contributed by atoms with Gasteiger partial charge in [-0.3, -0.25) is 4.79 Å². The van der Waals surface area contributed by atoms with Gasteiger partial charge in [-0.2, -0.15) is 0 Å². The largest absolute Gasteiger partial charge is 0.478 e. The number of furan rings is 1. The summed E-state index contributed by atoms with van der Waals surface area (Å²) in [6, 6.07) is 13.8. The maximum absolute atomic E-state index is 12.7. The molecule has 0 aliphatic heterocycles. The van der Waals surface area contributed by atoms with Gasteiger partial charge in [-0.1, -0.05) is 17.7 Å². The summed E-state index contributed by atoms with van der Waals surface area (Å²) in [5.41, 5.74) is -2.60. The predicted molar refractivity (Wildman–Crippen MR) is 105 cm³/mol. The Morgan fingerprint density at radius 2 is 1.96 bits per heavy atom. The highest BCUT2D eigenvalue weighted by molar-refractivity contribution is 7.10. The molecule has 0 saturated heterocycles. The first-order valence-corrected chi connectivity index (χ1v) is 9.60. The van der Waals surface area contributed by atoms with E-state index in [1.54, 1.807) is 56.3 Å². The lowest BCUT2D eigenvalue weighted by Gasteiger charge is -2.29. The Hall–Kier alpha value is -2.28. The van der Waals surface area contributed by atoms with Crippen LogP contribution in [0.25, 0.3) is 0 Å². The molecular weight excluding hydrogens is 386 g/mol. The quantitative estimate of drug-likeness (QED) is 0.617. The molecule has 3 rings (SSSR count). The van der Waals surface area contributed by atoms with Crippen LogP contribution in [-0.2, 0) is 10.4 Å². The minimum absolute atomic E-state index is 0.0483. The van der Waals surface area contributed by atoms with E-state index in [1.165, 1.54) is 17.6 Å². The summed E-state index contributed by atoms with van der Waals surface area (Å²) in [6.07, 6.45) is 1.49. The number of carbonyl (C=O) groups excluding carboxylic acids is 1. The Labute approximate surface area is 166 Å². The van der Waals surface area contributed by atoms with Crippen molar-refractivity contribution in [1.29, 1.82) is 0 Å². The van der Waals surface area contributed by atoms with Gasteiger partial charge in [0.15, 0.2) is 11.2 Å². The molecule has 2 aromatic heterocycles. The van der Waals surface area contributed by atoms with Crippen LogP contribution in [0.15, 0.2) is 64.6 Å². The maximum atomic E-state index is 12.7. The van der Waals surface area contributed by atoms with Gasteiger partial charge in [0.05, 0.1) is 12.8 Å². The van der Waals surface area contributed by atoms with Gasteiger partial charge in [-0.25, -0.2) is 0 Å². The third kappa shape index (κ3) is 4.35. The molecule has 27 heavy (non-hydrogen) atoms. The molecule has 0 aliphatic carbocycles. The first-order chi connectivity index (χ1) is 12.8. The lowest BCUT2D eigenvalue weighted by molar-refractivity contribution is -0.135. The number of halogens is 1. The van der Waals surface area contributed by atoms with Crippen LogP contribution in [0.1, 0.15) is 24.5 Å². The van der Waals surface area contributed by atoms with E-state index in [0.29, 0.717) is 21.4 Å². The molecule has 1 aromatic carbocycles. The molecule has 1 unspecified atom stereocenters. The molecule has 5 nitrogen and oxygen atoms in total.